The molecule has 0 aromatic rings. The zero-order valence-electron chi connectivity index (χ0n) is 46.4. The second kappa shape index (κ2) is 21.7. The van der Waals surface area contributed by atoms with Crippen molar-refractivity contribution < 1.29 is 107 Å². The summed E-state index contributed by atoms with van der Waals surface area (Å²) in [6, 6.07) is 0. The molecule has 11 saturated heterocycles. The molecular formula is C55H82O23S2. The van der Waals surface area contributed by atoms with E-state index in [-0.39, 0.29) is 67.9 Å². The summed E-state index contributed by atoms with van der Waals surface area (Å²) in [5, 5.41) is 33.6. The minimum atomic E-state index is -4.95. The zero-order chi connectivity index (χ0) is 57.3. The van der Waals surface area contributed by atoms with Crippen molar-refractivity contribution in [1.29, 1.82) is 0 Å². The second-order valence-electron chi connectivity index (χ2n) is 25.9. The minimum absolute atomic E-state index is 0.00654. The molecule has 0 spiro atoms. The van der Waals surface area contributed by atoms with Crippen LogP contribution in [0.3, 0.4) is 0 Å². The summed E-state index contributed by atoms with van der Waals surface area (Å²) in [4.78, 5) is 11.7. The molecule has 1 unspecified atom stereocenters. The molecule has 0 aliphatic carbocycles. The molecule has 452 valence electrons. The molecular weight excluding hydrogens is 1090 g/mol. The molecule has 80 heavy (non-hydrogen) atoms. The standard InChI is InChI=1S/C55H82O23S2/c1-9-11-29(50(57)58)12-10-14-51(4,59)49-27(2)18-38-37(73-49)24-45-55(8,76-38)48(56)47-41(72-45)22-40-46(74-47)28(3)26-54(7)43(71-40)25-42-53(6,78-54)15-13-30-31(70-42)19-33-32(67-30)20-34-35(68-33)21-39-36(69-34)23-44(77-80(63,64)65)52(5,75-39)16-17-66-79(60,61)62/h9-10,14,28-49,56,59H,1-2,11-13,15-26H2,3-8H3,(H,57,58)(H,60,61,62)(H,63,64,65)/b14-10+/t28-,29?,30-,31+,32+,33-,34-,35+,36+,37+,38-,39-,40-,41+,42-,43+,44-,45-,46+,47+,48+,49-,51+,52+,53+,54-,55-/m0/s1. The van der Waals surface area contributed by atoms with Crippen LogP contribution in [-0.2, 0) is 86.1 Å². The lowest BCUT2D eigenvalue weighted by atomic mass is 9.74. The van der Waals surface area contributed by atoms with Gasteiger partial charge in [-0.1, -0.05) is 31.7 Å². The molecule has 27 atom stereocenters. The molecule has 11 aliphatic rings. The number of carboxylic acid groups (broad SMARTS) is 1. The Kier molecular flexibility index (Phi) is 16.2. The quantitative estimate of drug-likeness (QED) is 0.127. The highest BCUT2D eigenvalue weighted by atomic mass is 32.3. The number of allylic oxidation sites excluding steroid dienone is 2. The fourth-order valence-corrected chi connectivity index (χ4v) is 16.6. The Bertz CT molecular complexity index is 2600. The van der Waals surface area contributed by atoms with Gasteiger partial charge in [-0.3, -0.25) is 13.9 Å². The number of aliphatic carboxylic acids is 1. The maximum atomic E-state index is 12.3. The number of fused-ring (bicyclic) bond motifs is 10. The molecule has 23 nitrogen and oxygen atoms in total. The van der Waals surface area contributed by atoms with Crippen LogP contribution in [0.2, 0.25) is 0 Å². The second-order valence-corrected chi connectivity index (χ2v) is 28.0. The number of carboxylic acids is 1. The summed E-state index contributed by atoms with van der Waals surface area (Å²) >= 11 is 0. The summed E-state index contributed by atoms with van der Waals surface area (Å²) in [6.45, 7) is 18.8. The smallest absolute Gasteiger partial charge is 0.397 e. The molecule has 11 aliphatic heterocycles. The van der Waals surface area contributed by atoms with Crippen molar-refractivity contribution in [2.24, 2.45) is 11.8 Å². The fraction of sp³-hybridized carbons (Fsp3) is 0.873. The van der Waals surface area contributed by atoms with E-state index in [1.165, 1.54) is 6.92 Å². The first-order valence-electron chi connectivity index (χ1n) is 28.6. The van der Waals surface area contributed by atoms with Crippen molar-refractivity contribution in [3.63, 3.8) is 0 Å². The molecule has 5 N–H and O–H groups in total. The molecule has 25 heteroatoms. The van der Waals surface area contributed by atoms with Crippen LogP contribution in [0.25, 0.3) is 0 Å². The predicted octanol–water partition coefficient (Wildman–Crippen LogP) is 4.20. The Morgan fingerprint density at radius 3 is 1.98 bits per heavy atom. The van der Waals surface area contributed by atoms with Gasteiger partial charge in [0, 0.05) is 51.4 Å². The van der Waals surface area contributed by atoms with Crippen LogP contribution in [0.1, 0.15) is 131 Å². The van der Waals surface area contributed by atoms with E-state index in [4.69, 9.17) is 60.8 Å². The molecule has 11 fully saturated rings. The van der Waals surface area contributed by atoms with Gasteiger partial charge in [-0.15, -0.1) is 6.58 Å². The highest BCUT2D eigenvalue weighted by molar-refractivity contribution is 7.81. The Labute approximate surface area is 468 Å². The lowest BCUT2D eigenvalue weighted by Crippen LogP contribution is -2.73. The third-order valence-corrected chi connectivity index (χ3v) is 20.8. The molecule has 0 radical (unpaired) electrons. The monoisotopic (exact) mass is 1170 g/mol. The first-order valence-corrected chi connectivity index (χ1v) is 31.3. The van der Waals surface area contributed by atoms with E-state index in [0.717, 1.165) is 0 Å². The Morgan fingerprint density at radius 1 is 0.725 bits per heavy atom. The SMILES string of the molecule is C=CCC(C/C=C/[C@@](C)(O)[C@H]1O[C@@H]2C[C@@H]3O[C@@H]4C[C@@H]5O[C@@H]6C[C@@H]7O[C@@H]8C[C@@H]9O[C@@H]%10C[C@@H]%11O[C@](C)(CCOS(=O)(=O)O)[C@@H](OS(=O)(=O)O)C[C@H]%11O[C@H]%10C[C@H]9O[C@H]8CC[C@@]7(C)O[C@@]6(C)C[C@H](C)[C@H]5O[C@H]4[C@@H](O)[C@@]3(C)O[C@H]2CC1=C)C(=O)O. The van der Waals surface area contributed by atoms with Gasteiger partial charge in [0.2, 0.25) is 0 Å². The van der Waals surface area contributed by atoms with Crippen LogP contribution >= 0.6 is 0 Å². The summed E-state index contributed by atoms with van der Waals surface area (Å²) < 4.78 is 151. The number of rotatable bonds is 13. The average molecular weight is 1180 g/mol. The van der Waals surface area contributed by atoms with E-state index in [1.807, 2.05) is 6.92 Å². The Balaban J connectivity index is 0.736. The van der Waals surface area contributed by atoms with Crippen LogP contribution in [0.4, 0.5) is 0 Å². The van der Waals surface area contributed by atoms with Gasteiger partial charge >= 0.3 is 26.8 Å². The molecule has 0 aromatic heterocycles. The lowest BCUT2D eigenvalue weighted by molar-refractivity contribution is -0.361. The van der Waals surface area contributed by atoms with E-state index in [9.17, 15) is 41.5 Å². The van der Waals surface area contributed by atoms with Gasteiger partial charge in [0.05, 0.1) is 127 Å². The van der Waals surface area contributed by atoms with Crippen molar-refractivity contribution in [3.05, 3.63) is 37.0 Å². The third kappa shape index (κ3) is 11.6. The summed E-state index contributed by atoms with van der Waals surface area (Å²) in [5.41, 5.74) is -4.90. The van der Waals surface area contributed by atoms with Crippen LogP contribution in [0.15, 0.2) is 37.0 Å². The maximum absolute atomic E-state index is 12.3. The first kappa shape index (κ1) is 59.6. The van der Waals surface area contributed by atoms with Crippen LogP contribution in [0.5, 0.6) is 0 Å². The molecule has 0 bridgehead atoms. The van der Waals surface area contributed by atoms with Crippen molar-refractivity contribution in [3.8, 4) is 0 Å². The predicted molar refractivity (Wildman–Crippen MR) is 278 cm³/mol. The molecule has 11 heterocycles. The van der Waals surface area contributed by atoms with E-state index in [2.05, 4.69) is 38.1 Å². The molecule has 11 rings (SSSR count). The van der Waals surface area contributed by atoms with Gasteiger partial charge in [-0.25, -0.2) is 8.37 Å². The van der Waals surface area contributed by atoms with E-state index in [0.29, 0.717) is 76.2 Å². The Hall–Kier alpha value is -2.09. The zero-order valence-corrected chi connectivity index (χ0v) is 48.0. The van der Waals surface area contributed by atoms with E-state index >= 15 is 0 Å². The topological polar surface area (TPSA) is 306 Å². The van der Waals surface area contributed by atoms with Crippen molar-refractivity contribution in [1.82, 2.24) is 0 Å². The maximum Gasteiger partial charge on any atom is 0.397 e. The number of hydrogen-bond donors (Lipinski definition) is 5. The van der Waals surface area contributed by atoms with Crippen LogP contribution in [0, 0.1) is 11.8 Å². The molecule has 0 saturated carbocycles. The van der Waals surface area contributed by atoms with Gasteiger partial charge in [0.25, 0.3) is 0 Å². The molecule has 0 amide bonds. The number of aliphatic hydroxyl groups excluding tert-OH is 1. The summed E-state index contributed by atoms with van der Waals surface area (Å²) in [7, 11) is -9.75. The van der Waals surface area contributed by atoms with Crippen LogP contribution in [-0.4, -0.2) is 204 Å². The van der Waals surface area contributed by atoms with Gasteiger partial charge in [-0.2, -0.15) is 16.8 Å². The largest absolute Gasteiger partial charge is 0.481 e. The van der Waals surface area contributed by atoms with Crippen molar-refractivity contribution in [2.45, 2.75) is 282 Å². The normalized spacial score (nSPS) is 50.3. The number of ether oxygens (including phenoxy) is 11. The average Bonchev–Trinajstić information content (AvgIpc) is 3.74. The van der Waals surface area contributed by atoms with E-state index in [1.54, 1.807) is 25.2 Å². The van der Waals surface area contributed by atoms with Gasteiger partial charge < -0.3 is 67.4 Å². The lowest BCUT2D eigenvalue weighted by Gasteiger charge is -2.59. The van der Waals surface area contributed by atoms with Crippen LogP contribution < -0.4 is 0 Å². The van der Waals surface area contributed by atoms with Gasteiger partial charge in [-0.05, 0) is 84.6 Å². The van der Waals surface area contributed by atoms with Gasteiger partial charge in [0.15, 0.2) is 0 Å². The highest BCUT2D eigenvalue weighted by Gasteiger charge is 2.66. The van der Waals surface area contributed by atoms with Crippen molar-refractivity contribution in [2.75, 3.05) is 6.61 Å². The summed E-state index contributed by atoms with van der Waals surface area (Å²) in [6.07, 6.45) is -0.618. The van der Waals surface area contributed by atoms with Gasteiger partial charge in [0.1, 0.15) is 35.6 Å². The van der Waals surface area contributed by atoms with Crippen molar-refractivity contribution >= 4 is 26.8 Å². The molecule has 0 aromatic carbocycles. The first-order chi connectivity index (χ1) is 37.4. The highest BCUT2D eigenvalue weighted by Crippen LogP contribution is 2.55. The number of hydrogen-bond acceptors (Lipinski definition) is 20. The Morgan fingerprint density at radius 2 is 1.31 bits per heavy atom. The summed E-state index contributed by atoms with van der Waals surface area (Å²) in [5.74, 6) is -1.65. The minimum Gasteiger partial charge on any atom is -0.481 e. The number of carbonyl (C=O) groups is 1. The fourth-order valence-electron chi connectivity index (χ4n) is 15.8. The number of aliphatic hydroxyl groups is 2. The van der Waals surface area contributed by atoms with E-state index < -0.39 is 147 Å². The third-order valence-electron chi connectivity index (χ3n) is 19.9.